The van der Waals surface area contributed by atoms with Crippen LogP contribution in [0.5, 0.6) is 0 Å². The summed E-state index contributed by atoms with van der Waals surface area (Å²) in [5.74, 6) is 0.252. The van der Waals surface area contributed by atoms with Gasteiger partial charge in [-0.3, -0.25) is 0 Å². The molecule has 3 rings (SSSR count). The third-order valence-electron chi connectivity index (χ3n) is 4.02. The van der Waals surface area contributed by atoms with Gasteiger partial charge in [0.25, 0.3) is 0 Å². The predicted molar refractivity (Wildman–Crippen MR) is 87.9 cm³/mol. The van der Waals surface area contributed by atoms with E-state index in [0.29, 0.717) is 13.1 Å². The maximum absolute atomic E-state index is 12.2. The minimum absolute atomic E-state index is 0.159. The Morgan fingerprint density at radius 1 is 1.41 bits per heavy atom. The number of likely N-dealkylation sites (tertiary alicyclic amines) is 1. The first-order valence-corrected chi connectivity index (χ1v) is 8.25. The topological polar surface area (TPSA) is 65.5 Å². The standard InChI is InChI=1S/C16H19N3O2S/c1-11-6-8-19(10-14(11)20)16(21)18-13-4-2-12(3-5-13)15-17-7-9-22-15/h2-5,7,9,11,14,20H,6,8,10H2,1H3,(H,18,21). The van der Waals surface area contributed by atoms with Crippen LogP contribution in [0, 0.1) is 5.92 Å². The molecule has 1 aromatic carbocycles. The van der Waals surface area contributed by atoms with Crippen molar-refractivity contribution in [3.05, 3.63) is 35.8 Å². The number of urea groups is 1. The van der Waals surface area contributed by atoms with Crippen molar-refractivity contribution in [1.82, 2.24) is 9.88 Å². The van der Waals surface area contributed by atoms with Gasteiger partial charge in [-0.25, -0.2) is 9.78 Å². The molecule has 6 heteroatoms. The number of benzene rings is 1. The number of thiazole rings is 1. The van der Waals surface area contributed by atoms with Gasteiger partial charge in [-0.2, -0.15) is 0 Å². The van der Waals surface area contributed by atoms with Crippen LogP contribution in [-0.4, -0.2) is 40.2 Å². The molecule has 1 aromatic heterocycles. The van der Waals surface area contributed by atoms with E-state index in [1.807, 2.05) is 36.6 Å². The van der Waals surface area contributed by atoms with Gasteiger partial charge >= 0.3 is 6.03 Å². The van der Waals surface area contributed by atoms with E-state index in [2.05, 4.69) is 10.3 Å². The van der Waals surface area contributed by atoms with Crippen molar-refractivity contribution in [2.75, 3.05) is 18.4 Å². The van der Waals surface area contributed by atoms with Crippen molar-refractivity contribution in [1.29, 1.82) is 0 Å². The van der Waals surface area contributed by atoms with Crippen molar-refractivity contribution >= 4 is 23.1 Å². The molecule has 1 saturated heterocycles. The van der Waals surface area contributed by atoms with E-state index in [-0.39, 0.29) is 11.9 Å². The van der Waals surface area contributed by atoms with Crippen LogP contribution in [0.3, 0.4) is 0 Å². The molecule has 1 fully saturated rings. The third kappa shape index (κ3) is 3.28. The fraction of sp³-hybridized carbons (Fsp3) is 0.375. The highest BCUT2D eigenvalue weighted by molar-refractivity contribution is 7.13. The number of nitrogens with zero attached hydrogens (tertiary/aromatic N) is 2. The molecule has 2 atom stereocenters. The zero-order valence-electron chi connectivity index (χ0n) is 12.4. The van der Waals surface area contributed by atoms with E-state index in [4.69, 9.17) is 0 Å². The Balaban J connectivity index is 1.62. The molecule has 2 N–H and O–H groups in total. The van der Waals surface area contributed by atoms with Gasteiger partial charge in [-0.1, -0.05) is 6.92 Å². The normalized spacial score (nSPS) is 21.6. The molecule has 2 amide bonds. The minimum Gasteiger partial charge on any atom is -0.391 e. The van der Waals surface area contributed by atoms with Crippen LogP contribution < -0.4 is 5.32 Å². The molecule has 1 aliphatic rings. The average Bonchev–Trinajstić information content (AvgIpc) is 3.05. The van der Waals surface area contributed by atoms with E-state index in [1.165, 1.54) is 0 Å². The van der Waals surface area contributed by atoms with E-state index in [1.54, 1.807) is 22.4 Å². The van der Waals surface area contributed by atoms with Gasteiger partial charge in [-0.05, 0) is 36.6 Å². The SMILES string of the molecule is CC1CCN(C(=O)Nc2ccc(-c3nccs3)cc2)CC1O. The molecule has 0 saturated carbocycles. The number of hydrogen-bond donors (Lipinski definition) is 2. The average molecular weight is 317 g/mol. The number of rotatable bonds is 2. The number of anilines is 1. The Labute approximate surface area is 133 Å². The summed E-state index contributed by atoms with van der Waals surface area (Å²) in [7, 11) is 0. The number of nitrogens with one attached hydrogen (secondary N) is 1. The first-order valence-electron chi connectivity index (χ1n) is 7.37. The van der Waals surface area contributed by atoms with Crippen molar-refractivity contribution in [2.45, 2.75) is 19.4 Å². The summed E-state index contributed by atoms with van der Waals surface area (Å²) >= 11 is 1.58. The minimum atomic E-state index is -0.438. The molecule has 0 spiro atoms. The Morgan fingerprint density at radius 2 is 2.18 bits per heavy atom. The Kier molecular flexibility index (Phi) is 4.40. The van der Waals surface area contributed by atoms with Gasteiger partial charge < -0.3 is 15.3 Å². The summed E-state index contributed by atoms with van der Waals surface area (Å²) in [6.45, 7) is 3.09. The van der Waals surface area contributed by atoms with E-state index in [0.717, 1.165) is 22.7 Å². The highest BCUT2D eigenvalue weighted by Crippen LogP contribution is 2.24. The predicted octanol–water partition coefficient (Wildman–Crippen LogP) is 3.04. The van der Waals surface area contributed by atoms with Crippen LogP contribution in [-0.2, 0) is 0 Å². The molecule has 0 aliphatic carbocycles. The lowest BCUT2D eigenvalue weighted by molar-refractivity contribution is 0.0464. The van der Waals surface area contributed by atoms with E-state index in [9.17, 15) is 9.90 Å². The van der Waals surface area contributed by atoms with Crippen LogP contribution in [0.25, 0.3) is 10.6 Å². The van der Waals surface area contributed by atoms with Crippen LogP contribution in [0.15, 0.2) is 35.8 Å². The summed E-state index contributed by atoms with van der Waals surface area (Å²) in [6.07, 6.45) is 2.17. The maximum atomic E-state index is 12.2. The Morgan fingerprint density at radius 3 is 2.82 bits per heavy atom. The van der Waals surface area contributed by atoms with Gasteiger partial charge in [0.2, 0.25) is 0 Å². The van der Waals surface area contributed by atoms with Crippen LogP contribution in [0.1, 0.15) is 13.3 Å². The monoisotopic (exact) mass is 317 g/mol. The summed E-state index contributed by atoms with van der Waals surface area (Å²) in [5.41, 5.74) is 1.79. The van der Waals surface area contributed by atoms with Gasteiger partial charge in [0.05, 0.1) is 6.10 Å². The smallest absolute Gasteiger partial charge is 0.321 e. The third-order valence-corrected chi connectivity index (χ3v) is 4.84. The number of aliphatic hydroxyl groups is 1. The fourth-order valence-corrected chi connectivity index (χ4v) is 3.14. The second kappa shape index (κ2) is 6.46. The Hall–Kier alpha value is -1.92. The van der Waals surface area contributed by atoms with Gasteiger partial charge in [0, 0.05) is 35.9 Å². The number of amides is 2. The lowest BCUT2D eigenvalue weighted by Gasteiger charge is -2.34. The first kappa shape index (κ1) is 15.0. The van der Waals surface area contributed by atoms with Gasteiger partial charge in [0.1, 0.15) is 5.01 Å². The summed E-state index contributed by atoms with van der Waals surface area (Å²) in [5, 5.41) is 15.7. The van der Waals surface area contributed by atoms with Crippen LogP contribution in [0.2, 0.25) is 0 Å². The molecular weight excluding hydrogens is 298 g/mol. The largest absolute Gasteiger partial charge is 0.391 e. The molecular formula is C16H19N3O2S. The Bertz CT molecular complexity index is 627. The number of aromatic nitrogens is 1. The second-order valence-electron chi connectivity index (χ2n) is 5.62. The number of hydrogen-bond acceptors (Lipinski definition) is 4. The first-order chi connectivity index (χ1) is 10.6. The maximum Gasteiger partial charge on any atom is 0.321 e. The zero-order chi connectivity index (χ0) is 15.5. The molecule has 116 valence electrons. The molecule has 0 bridgehead atoms. The molecule has 2 heterocycles. The van der Waals surface area contributed by atoms with Crippen molar-refractivity contribution < 1.29 is 9.90 Å². The molecule has 0 radical (unpaired) electrons. The highest BCUT2D eigenvalue weighted by atomic mass is 32.1. The van der Waals surface area contributed by atoms with Crippen LogP contribution >= 0.6 is 11.3 Å². The van der Waals surface area contributed by atoms with Gasteiger partial charge in [-0.15, -0.1) is 11.3 Å². The molecule has 2 aromatic rings. The number of carbonyl (C=O) groups excluding carboxylic acids is 1. The second-order valence-corrected chi connectivity index (χ2v) is 6.52. The van der Waals surface area contributed by atoms with Crippen LogP contribution in [0.4, 0.5) is 10.5 Å². The molecule has 1 aliphatic heterocycles. The highest BCUT2D eigenvalue weighted by Gasteiger charge is 2.27. The number of β-amino-alcohol motifs (C(OH)–C–C–N with tert-alkyl or cyclic N) is 1. The molecule has 5 nitrogen and oxygen atoms in total. The quantitative estimate of drug-likeness (QED) is 0.895. The van der Waals surface area contributed by atoms with E-state index >= 15 is 0 Å². The number of carbonyl (C=O) groups is 1. The van der Waals surface area contributed by atoms with Crippen molar-refractivity contribution in [3.8, 4) is 10.6 Å². The molecule has 22 heavy (non-hydrogen) atoms. The van der Waals surface area contributed by atoms with Crippen molar-refractivity contribution in [3.63, 3.8) is 0 Å². The van der Waals surface area contributed by atoms with Gasteiger partial charge in [0.15, 0.2) is 0 Å². The lowest BCUT2D eigenvalue weighted by Crippen LogP contribution is -2.47. The summed E-state index contributed by atoms with van der Waals surface area (Å²) in [4.78, 5) is 18.2. The lowest BCUT2D eigenvalue weighted by atomic mass is 9.96. The summed E-state index contributed by atoms with van der Waals surface area (Å²) in [6, 6.07) is 7.48. The fourth-order valence-electron chi connectivity index (χ4n) is 2.50. The molecule has 2 unspecified atom stereocenters. The number of piperidine rings is 1. The number of aliphatic hydroxyl groups excluding tert-OH is 1. The van der Waals surface area contributed by atoms with Crippen molar-refractivity contribution in [2.24, 2.45) is 5.92 Å². The summed E-state index contributed by atoms with van der Waals surface area (Å²) < 4.78 is 0. The van der Waals surface area contributed by atoms with E-state index < -0.39 is 6.10 Å². The zero-order valence-corrected chi connectivity index (χ0v) is 13.2.